The van der Waals surface area contributed by atoms with Gasteiger partial charge in [-0.15, -0.1) is 0 Å². The first-order chi connectivity index (χ1) is 35.5. The van der Waals surface area contributed by atoms with Crippen molar-refractivity contribution in [3.63, 3.8) is 0 Å². The minimum absolute atomic E-state index is 0.00745. The quantitative estimate of drug-likeness (QED) is 0.0320. The van der Waals surface area contributed by atoms with Gasteiger partial charge in [0.1, 0.15) is 0 Å². The van der Waals surface area contributed by atoms with Crippen molar-refractivity contribution in [2.45, 2.75) is 360 Å². The lowest BCUT2D eigenvalue weighted by atomic mass is 10.0. The highest BCUT2D eigenvalue weighted by atomic mass is 16.5. The van der Waals surface area contributed by atoms with Crippen molar-refractivity contribution in [2.75, 3.05) is 13.2 Å². The van der Waals surface area contributed by atoms with E-state index in [1.165, 1.54) is 276 Å². The summed E-state index contributed by atoms with van der Waals surface area (Å²) in [4.78, 5) is 24.5. The fourth-order valence-electron chi connectivity index (χ4n) is 9.92. The van der Waals surface area contributed by atoms with Crippen LogP contribution < -0.4 is 5.32 Å². The van der Waals surface area contributed by atoms with Gasteiger partial charge in [-0.05, 0) is 83.5 Å². The molecule has 0 bridgehead atoms. The van der Waals surface area contributed by atoms with Crippen molar-refractivity contribution in [2.24, 2.45) is 0 Å². The summed E-state index contributed by atoms with van der Waals surface area (Å²) in [5.41, 5.74) is 0. The molecule has 72 heavy (non-hydrogen) atoms. The van der Waals surface area contributed by atoms with Crippen LogP contribution in [0.15, 0.2) is 36.5 Å². The van der Waals surface area contributed by atoms with Crippen LogP contribution in [0.4, 0.5) is 0 Å². The van der Waals surface area contributed by atoms with Crippen molar-refractivity contribution in [3.8, 4) is 0 Å². The minimum Gasteiger partial charge on any atom is -0.466 e. The number of aliphatic hydroxyl groups excluding tert-OH is 2. The number of ether oxygens (including phenoxy) is 1. The lowest BCUT2D eigenvalue weighted by molar-refractivity contribution is -0.143. The van der Waals surface area contributed by atoms with Gasteiger partial charge >= 0.3 is 5.97 Å². The van der Waals surface area contributed by atoms with Gasteiger partial charge in [0.15, 0.2) is 0 Å². The molecule has 0 radical (unpaired) electrons. The topological polar surface area (TPSA) is 95.9 Å². The molecule has 6 nitrogen and oxygen atoms in total. The summed E-state index contributed by atoms with van der Waals surface area (Å²) in [6, 6.07) is -0.625. The molecule has 0 saturated carbocycles. The molecule has 0 spiro atoms. The number of carbonyl (C=O) groups excluding carboxylic acids is 2. The van der Waals surface area contributed by atoms with Crippen LogP contribution >= 0.6 is 0 Å². The van der Waals surface area contributed by atoms with Crippen LogP contribution in [0.25, 0.3) is 0 Å². The molecule has 0 saturated heterocycles. The molecule has 0 aliphatic heterocycles. The molecule has 0 aromatic carbocycles. The molecule has 0 aromatic rings. The van der Waals surface area contributed by atoms with Crippen LogP contribution in [0.3, 0.4) is 0 Å². The maximum atomic E-state index is 12.4. The number of esters is 1. The number of unbranched alkanes of at least 4 members (excludes halogenated alkanes) is 45. The van der Waals surface area contributed by atoms with E-state index in [1.807, 2.05) is 6.08 Å². The summed E-state index contributed by atoms with van der Waals surface area (Å²) >= 11 is 0. The third kappa shape index (κ3) is 57.4. The van der Waals surface area contributed by atoms with Crippen molar-refractivity contribution >= 4 is 11.9 Å². The molecule has 2 atom stereocenters. The largest absolute Gasteiger partial charge is 0.466 e. The Morgan fingerprint density at radius 2 is 0.653 bits per heavy atom. The van der Waals surface area contributed by atoms with Crippen LogP contribution in [0.2, 0.25) is 0 Å². The summed E-state index contributed by atoms with van der Waals surface area (Å²) in [7, 11) is 0. The van der Waals surface area contributed by atoms with Crippen molar-refractivity contribution in [3.05, 3.63) is 36.5 Å². The highest BCUT2D eigenvalue weighted by molar-refractivity contribution is 5.76. The van der Waals surface area contributed by atoms with E-state index in [0.29, 0.717) is 19.4 Å². The molecule has 0 aliphatic rings. The zero-order chi connectivity index (χ0) is 52.2. The van der Waals surface area contributed by atoms with Gasteiger partial charge in [0.2, 0.25) is 5.91 Å². The van der Waals surface area contributed by atoms with Crippen LogP contribution in [0.5, 0.6) is 0 Å². The summed E-state index contributed by atoms with van der Waals surface area (Å²) in [5.74, 6) is -0.0589. The SMILES string of the molecule is CCCCCC/C=C\CCCCCCCC(=O)OCCCCCCCCCCCCCC/C=C\CCCCCCCCCCCCCCCCC(=O)NC(CO)C(O)/C=C/CCCCCCCCCCCC. The number of aliphatic hydroxyl groups is 2. The summed E-state index contributed by atoms with van der Waals surface area (Å²) < 4.78 is 5.48. The van der Waals surface area contributed by atoms with E-state index in [9.17, 15) is 19.8 Å². The molecule has 0 aliphatic carbocycles. The smallest absolute Gasteiger partial charge is 0.305 e. The van der Waals surface area contributed by atoms with Crippen LogP contribution in [-0.2, 0) is 14.3 Å². The standard InChI is InChI=1S/C66H125NO5/c1-3-5-7-9-11-13-15-35-40-44-48-52-56-60-66(71)72-61-57-53-49-45-41-37-34-32-30-28-26-24-22-20-18-17-19-21-23-25-27-29-31-33-36-39-43-47-51-55-59-65(70)67-63(62-68)64(69)58-54-50-46-42-38-16-14-12-10-8-6-4-2/h13,15,18,20,54,58,63-64,68-69H,3-12,14,16-17,19,21-53,55-57,59-62H2,1-2H3,(H,67,70)/b15-13-,20-18-,58-54+. The second-order valence-corrected chi connectivity index (χ2v) is 22.1. The van der Waals surface area contributed by atoms with Gasteiger partial charge < -0.3 is 20.3 Å². The Balaban J connectivity index is 3.37. The average Bonchev–Trinajstić information content (AvgIpc) is 3.38. The fourth-order valence-corrected chi connectivity index (χ4v) is 9.92. The zero-order valence-corrected chi connectivity index (χ0v) is 48.4. The van der Waals surface area contributed by atoms with Crippen molar-refractivity contribution in [1.82, 2.24) is 5.32 Å². The summed E-state index contributed by atoms with van der Waals surface area (Å²) in [6.07, 6.45) is 77.8. The predicted molar refractivity (Wildman–Crippen MR) is 315 cm³/mol. The first-order valence-corrected chi connectivity index (χ1v) is 32.3. The van der Waals surface area contributed by atoms with Gasteiger partial charge in [0.05, 0.1) is 25.4 Å². The number of carbonyl (C=O) groups is 2. The Kier molecular flexibility index (Phi) is 60.0. The van der Waals surface area contributed by atoms with E-state index < -0.39 is 12.1 Å². The molecular formula is C66H125NO5. The Hall–Kier alpha value is -1.92. The Morgan fingerprint density at radius 3 is 1.00 bits per heavy atom. The van der Waals surface area contributed by atoms with Gasteiger partial charge in [-0.3, -0.25) is 9.59 Å². The van der Waals surface area contributed by atoms with Gasteiger partial charge in [-0.25, -0.2) is 0 Å². The van der Waals surface area contributed by atoms with Crippen LogP contribution in [-0.4, -0.2) is 47.4 Å². The number of rotatable bonds is 60. The molecule has 0 rings (SSSR count). The van der Waals surface area contributed by atoms with Gasteiger partial charge in [0.25, 0.3) is 0 Å². The first-order valence-electron chi connectivity index (χ1n) is 32.3. The van der Waals surface area contributed by atoms with E-state index in [1.54, 1.807) is 6.08 Å². The summed E-state index contributed by atoms with van der Waals surface area (Å²) in [6.45, 7) is 4.89. The maximum absolute atomic E-state index is 12.4. The minimum atomic E-state index is -0.842. The van der Waals surface area contributed by atoms with E-state index in [0.717, 1.165) is 44.9 Å². The molecule has 1 amide bonds. The van der Waals surface area contributed by atoms with Crippen molar-refractivity contribution < 1.29 is 24.5 Å². The second kappa shape index (κ2) is 61.6. The number of hydrogen-bond acceptors (Lipinski definition) is 5. The highest BCUT2D eigenvalue weighted by Crippen LogP contribution is 2.17. The lowest BCUT2D eigenvalue weighted by Gasteiger charge is -2.20. The molecule has 3 N–H and O–H groups in total. The van der Waals surface area contributed by atoms with Crippen LogP contribution in [0.1, 0.15) is 348 Å². The first kappa shape index (κ1) is 70.1. The maximum Gasteiger partial charge on any atom is 0.305 e. The monoisotopic (exact) mass is 1010 g/mol. The highest BCUT2D eigenvalue weighted by Gasteiger charge is 2.18. The van der Waals surface area contributed by atoms with E-state index in [-0.39, 0.29) is 18.5 Å². The van der Waals surface area contributed by atoms with Gasteiger partial charge in [-0.2, -0.15) is 0 Å². The van der Waals surface area contributed by atoms with E-state index in [2.05, 4.69) is 43.5 Å². The van der Waals surface area contributed by atoms with Crippen LogP contribution in [0, 0.1) is 0 Å². The molecule has 6 heteroatoms. The van der Waals surface area contributed by atoms with E-state index >= 15 is 0 Å². The normalized spacial score (nSPS) is 12.8. The molecule has 2 unspecified atom stereocenters. The Labute approximate surface area is 449 Å². The van der Waals surface area contributed by atoms with Gasteiger partial charge in [0, 0.05) is 12.8 Å². The molecule has 0 fully saturated rings. The molecule has 0 heterocycles. The lowest BCUT2D eigenvalue weighted by Crippen LogP contribution is -2.45. The fraction of sp³-hybridized carbons (Fsp3) is 0.879. The number of amides is 1. The molecule has 0 aromatic heterocycles. The van der Waals surface area contributed by atoms with Gasteiger partial charge in [-0.1, -0.05) is 288 Å². The molecule has 424 valence electrons. The summed E-state index contributed by atoms with van der Waals surface area (Å²) in [5, 5.41) is 23.1. The van der Waals surface area contributed by atoms with E-state index in [4.69, 9.17) is 4.74 Å². The number of hydrogen-bond donors (Lipinski definition) is 3. The average molecular weight is 1010 g/mol. The Bertz CT molecular complexity index is 1170. The molecular weight excluding hydrogens is 887 g/mol. The second-order valence-electron chi connectivity index (χ2n) is 22.1. The third-order valence-electron chi connectivity index (χ3n) is 14.9. The number of nitrogens with one attached hydrogen (secondary N) is 1. The Morgan fingerprint density at radius 1 is 0.375 bits per heavy atom. The number of allylic oxidation sites excluding steroid dienone is 5. The third-order valence-corrected chi connectivity index (χ3v) is 14.9. The predicted octanol–water partition coefficient (Wildman–Crippen LogP) is 20.4. The van der Waals surface area contributed by atoms with Crippen molar-refractivity contribution in [1.29, 1.82) is 0 Å². The zero-order valence-electron chi connectivity index (χ0n) is 48.4.